The standard InChI is InChI=1S/C20H20N4O4/c1-28-13-5-12-21-14-18-19(15-6-3-2-4-7-15)22-23(20(18)25)16-8-10-17(11-9-16)24(26)27/h2-4,6-11,14,18H,5,12-13H2,1H3. The summed E-state index contributed by atoms with van der Waals surface area (Å²) in [5, 5.41) is 16.6. The zero-order valence-electron chi connectivity index (χ0n) is 15.4. The van der Waals surface area contributed by atoms with Gasteiger partial charge in [0.05, 0.1) is 16.3 Å². The Balaban J connectivity index is 1.88. The Morgan fingerprint density at radius 2 is 1.93 bits per heavy atom. The van der Waals surface area contributed by atoms with Gasteiger partial charge in [-0.1, -0.05) is 30.3 Å². The first-order valence-corrected chi connectivity index (χ1v) is 8.83. The van der Waals surface area contributed by atoms with Crippen LogP contribution in [0, 0.1) is 16.0 Å². The lowest BCUT2D eigenvalue weighted by atomic mass is 9.98. The first-order valence-electron chi connectivity index (χ1n) is 8.83. The van der Waals surface area contributed by atoms with Crippen LogP contribution in [0.1, 0.15) is 12.0 Å². The molecule has 0 radical (unpaired) electrons. The summed E-state index contributed by atoms with van der Waals surface area (Å²) in [6.07, 6.45) is 2.38. The Kier molecular flexibility index (Phi) is 6.23. The van der Waals surface area contributed by atoms with E-state index < -0.39 is 10.8 Å². The lowest BCUT2D eigenvalue weighted by Crippen LogP contribution is -2.28. The Bertz CT molecular complexity index is 894. The molecular weight excluding hydrogens is 360 g/mol. The van der Waals surface area contributed by atoms with E-state index in [4.69, 9.17) is 4.74 Å². The highest BCUT2D eigenvalue weighted by molar-refractivity contribution is 6.29. The van der Waals surface area contributed by atoms with Crippen LogP contribution in [0.3, 0.4) is 0 Å². The maximum Gasteiger partial charge on any atom is 0.269 e. The molecule has 0 spiro atoms. The van der Waals surface area contributed by atoms with Crippen LogP contribution in [0.15, 0.2) is 64.7 Å². The molecule has 0 bridgehead atoms. The molecule has 144 valence electrons. The number of nitro benzene ring substituents is 1. The number of hydrogen-bond acceptors (Lipinski definition) is 6. The molecule has 3 rings (SSSR count). The minimum Gasteiger partial charge on any atom is -0.385 e. The molecule has 2 aromatic carbocycles. The Labute approximate surface area is 162 Å². The van der Waals surface area contributed by atoms with Crippen LogP contribution in [0.4, 0.5) is 11.4 Å². The van der Waals surface area contributed by atoms with Gasteiger partial charge < -0.3 is 4.74 Å². The number of amides is 1. The molecule has 0 aliphatic carbocycles. The van der Waals surface area contributed by atoms with E-state index in [2.05, 4.69) is 10.1 Å². The van der Waals surface area contributed by atoms with E-state index in [1.165, 1.54) is 29.3 Å². The second kappa shape index (κ2) is 9.01. The lowest BCUT2D eigenvalue weighted by Gasteiger charge is -2.12. The summed E-state index contributed by atoms with van der Waals surface area (Å²) >= 11 is 0. The summed E-state index contributed by atoms with van der Waals surface area (Å²) in [4.78, 5) is 27.7. The van der Waals surface area contributed by atoms with Gasteiger partial charge in [-0.15, -0.1) is 0 Å². The van der Waals surface area contributed by atoms with Crippen LogP contribution < -0.4 is 5.01 Å². The van der Waals surface area contributed by atoms with Crippen molar-refractivity contribution in [2.24, 2.45) is 16.0 Å². The molecule has 0 aromatic heterocycles. The van der Waals surface area contributed by atoms with Gasteiger partial charge in [-0.3, -0.25) is 19.9 Å². The second-order valence-electron chi connectivity index (χ2n) is 6.15. The van der Waals surface area contributed by atoms with Crippen molar-refractivity contribution in [1.29, 1.82) is 0 Å². The fourth-order valence-corrected chi connectivity index (χ4v) is 2.83. The summed E-state index contributed by atoms with van der Waals surface area (Å²) in [6.45, 7) is 1.15. The van der Waals surface area contributed by atoms with Crippen molar-refractivity contribution in [3.8, 4) is 0 Å². The number of carbonyl (C=O) groups is 1. The largest absolute Gasteiger partial charge is 0.385 e. The van der Waals surface area contributed by atoms with E-state index in [0.29, 0.717) is 24.6 Å². The number of benzene rings is 2. The third-order valence-electron chi connectivity index (χ3n) is 4.24. The first-order chi connectivity index (χ1) is 13.6. The molecule has 1 heterocycles. The van der Waals surface area contributed by atoms with E-state index in [9.17, 15) is 14.9 Å². The van der Waals surface area contributed by atoms with Gasteiger partial charge in [0.25, 0.3) is 11.6 Å². The van der Waals surface area contributed by atoms with E-state index in [-0.39, 0.29) is 11.6 Å². The van der Waals surface area contributed by atoms with Crippen molar-refractivity contribution < 1.29 is 14.5 Å². The number of aliphatic imine (C=N–C) groups is 1. The number of anilines is 1. The highest BCUT2D eigenvalue weighted by Crippen LogP contribution is 2.27. The monoisotopic (exact) mass is 380 g/mol. The fraction of sp³-hybridized carbons (Fsp3) is 0.250. The number of nitrogens with zero attached hydrogens (tertiary/aromatic N) is 4. The normalized spacial score (nSPS) is 16.6. The average molecular weight is 380 g/mol. The Morgan fingerprint density at radius 1 is 1.21 bits per heavy atom. The Hall–Kier alpha value is -3.39. The molecule has 1 unspecified atom stereocenters. The maximum atomic E-state index is 13.0. The quantitative estimate of drug-likeness (QED) is 0.304. The predicted molar refractivity (Wildman–Crippen MR) is 107 cm³/mol. The lowest BCUT2D eigenvalue weighted by molar-refractivity contribution is -0.384. The molecule has 1 aliphatic rings. The highest BCUT2D eigenvalue weighted by Gasteiger charge is 2.36. The van der Waals surface area contributed by atoms with Crippen LogP contribution >= 0.6 is 0 Å². The van der Waals surface area contributed by atoms with Gasteiger partial charge in [-0.2, -0.15) is 10.1 Å². The number of ether oxygens (including phenoxy) is 1. The number of nitro groups is 1. The fourth-order valence-electron chi connectivity index (χ4n) is 2.83. The van der Waals surface area contributed by atoms with Crippen LogP contribution in [-0.2, 0) is 9.53 Å². The third kappa shape index (κ3) is 4.29. The maximum absolute atomic E-state index is 13.0. The summed E-state index contributed by atoms with van der Waals surface area (Å²) in [5.41, 5.74) is 1.85. The molecule has 1 amide bonds. The number of hydrazone groups is 1. The predicted octanol–water partition coefficient (Wildman–Crippen LogP) is 3.07. The summed E-state index contributed by atoms with van der Waals surface area (Å²) in [5.74, 6) is -0.858. The molecule has 8 nitrogen and oxygen atoms in total. The molecule has 2 aromatic rings. The molecule has 8 heteroatoms. The average Bonchev–Trinajstić information content (AvgIpc) is 3.05. The van der Waals surface area contributed by atoms with E-state index in [1.807, 2.05) is 30.3 Å². The minimum absolute atomic E-state index is 0.0427. The van der Waals surface area contributed by atoms with Gasteiger partial charge in [0.2, 0.25) is 0 Å². The summed E-state index contributed by atoms with van der Waals surface area (Å²) < 4.78 is 5.01. The molecular formula is C20H20N4O4. The van der Waals surface area contributed by atoms with Crippen LogP contribution in [0.5, 0.6) is 0 Å². The van der Waals surface area contributed by atoms with Crippen LogP contribution in [-0.4, -0.2) is 43.0 Å². The van der Waals surface area contributed by atoms with E-state index >= 15 is 0 Å². The van der Waals surface area contributed by atoms with Gasteiger partial charge in [-0.05, 0) is 24.1 Å². The SMILES string of the molecule is COCCCN=CC1C(=O)N(c2ccc([N+](=O)[O-])cc2)N=C1c1ccccc1. The third-order valence-corrected chi connectivity index (χ3v) is 4.24. The minimum atomic E-state index is -0.611. The number of carbonyl (C=O) groups excluding carboxylic acids is 1. The Morgan fingerprint density at radius 3 is 2.57 bits per heavy atom. The molecule has 28 heavy (non-hydrogen) atoms. The molecule has 0 fully saturated rings. The number of rotatable bonds is 8. The molecule has 0 saturated heterocycles. The molecule has 0 N–H and O–H groups in total. The first kappa shape index (κ1) is 19.4. The summed E-state index contributed by atoms with van der Waals surface area (Å²) in [7, 11) is 1.63. The molecule has 1 atom stereocenters. The molecule has 0 saturated carbocycles. The van der Waals surface area contributed by atoms with Gasteiger partial charge >= 0.3 is 0 Å². The van der Waals surface area contributed by atoms with Crippen molar-refractivity contribution in [3.05, 3.63) is 70.3 Å². The number of methoxy groups -OCH3 is 1. The number of non-ortho nitro benzene ring substituents is 1. The van der Waals surface area contributed by atoms with Crippen LogP contribution in [0.25, 0.3) is 0 Å². The topological polar surface area (TPSA) is 97.4 Å². The van der Waals surface area contributed by atoms with Gasteiger partial charge in [0.1, 0.15) is 5.92 Å². The molecule has 1 aliphatic heterocycles. The van der Waals surface area contributed by atoms with Gasteiger partial charge in [0, 0.05) is 38.6 Å². The van der Waals surface area contributed by atoms with Crippen molar-refractivity contribution >= 4 is 29.2 Å². The van der Waals surface area contributed by atoms with Crippen molar-refractivity contribution in [1.82, 2.24) is 0 Å². The second-order valence-corrected chi connectivity index (χ2v) is 6.15. The van der Waals surface area contributed by atoms with Crippen LogP contribution in [0.2, 0.25) is 0 Å². The smallest absolute Gasteiger partial charge is 0.269 e. The van der Waals surface area contributed by atoms with Crippen molar-refractivity contribution in [3.63, 3.8) is 0 Å². The van der Waals surface area contributed by atoms with Gasteiger partial charge in [0.15, 0.2) is 0 Å². The summed E-state index contributed by atoms with van der Waals surface area (Å²) in [6, 6.07) is 15.2. The highest BCUT2D eigenvalue weighted by atomic mass is 16.6. The zero-order valence-corrected chi connectivity index (χ0v) is 15.4. The van der Waals surface area contributed by atoms with Crippen molar-refractivity contribution in [2.45, 2.75) is 6.42 Å². The van der Waals surface area contributed by atoms with Gasteiger partial charge in [-0.25, -0.2) is 0 Å². The van der Waals surface area contributed by atoms with E-state index in [1.54, 1.807) is 13.3 Å². The van der Waals surface area contributed by atoms with E-state index in [0.717, 1.165) is 12.0 Å². The number of hydrogen-bond donors (Lipinski definition) is 0. The van der Waals surface area contributed by atoms with Crippen molar-refractivity contribution in [2.75, 3.05) is 25.3 Å². The zero-order chi connectivity index (χ0) is 19.9.